The number of hydrogen-bond donors (Lipinski definition) is 1. The van der Waals surface area contributed by atoms with Gasteiger partial charge in [0.2, 0.25) is 0 Å². The third kappa shape index (κ3) is 1.97. The molecule has 0 aromatic carbocycles. The summed E-state index contributed by atoms with van der Waals surface area (Å²) in [6, 6.07) is 0.119. The van der Waals surface area contributed by atoms with Gasteiger partial charge in [-0.1, -0.05) is 5.16 Å². The smallest absolute Gasteiger partial charge is 0.318 e. The van der Waals surface area contributed by atoms with Gasteiger partial charge in [0.15, 0.2) is 0 Å². The first-order valence-electron chi connectivity index (χ1n) is 8.69. The number of nitrogens with zero attached hydrogens (tertiary/aromatic N) is 2. The normalized spacial score (nSPS) is 38.9. The van der Waals surface area contributed by atoms with E-state index >= 15 is 0 Å². The average molecular weight is 301 g/mol. The molecule has 2 amide bonds. The molecular weight excluding hydrogens is 278 g/mol. The van der Waals surface area contributed by atoms with E-state index in [1.165, 1.54) is 38.5 Å². The Morgan fingerprint density at radius 3 is 2.59 bits per heavy atom. The molecule has 1 N–H and O–H groups in total. The zero-order valence-corrected chi connectivity index (χ0v) is 12.9. The zero-order valence-electron chi connectivity index (χ0n) is 12.9. The molecule has 4 bridgehead atoms. The Morgan fingerprint density at radius 1 is 1.23 bits per heavy atom. The topological polar surface area (TPSA) is 58.4 Å². The minimum absolute atomic E-state index is 0.0980. The summed E-state index contributed by atoms with van der Waals surface area (Å²) in [4.78, 5) is 14.7. The molecule has 5 aliphatic rings. The van der Waals surface area contributed by atoms with Crippen LogP contribution in [-0.4, -0.2) is 28.2 Å². The third-order valence-electron chi connectivity index (χ3n) is 6.40. The maximum atomic E-state index is 12.8. The van der Waals surface area contributed by atoms with Crippen LogP contribution in [0.5, 0.6) is 0 Å². The molecule has 0 saturated heterocycles. The second-order valence-electron chi connectivity index (χ2n) is 8.07. The second kappa shape index (κ2) is 4.49. The van der Waals surface area contributed by atoms with Gasteiger partial charge in [0, 0.05) is 24.1 Å². The molecule has 5 nitrogen and oxygen atoms in total. The summed E-state index contributed by atoms with van der Waals surface area (Å²) >= 11 is 0. The number of hydrogen-bond acceptors (Lipinski definition) is 3. The van der Waals surface area contributed by atoms with Crippen molar-refractivity contribution in [1.82, 2.24) is 15.4 Å². The van der Waals surface area contributed by atoms with E-state index in [1.54, 1.807) is 6.20 Å². The van der Waals surface area contributed by atoms with Crippen molar-refractivity contribution < 1.29 is 9.32 Å². The number of aromatic nitrogens is 1. The summed E-state index contributed by atoms with van der Waals surface area (Å²) in [5.74, 6) is 3.52. The van der Waals surface area contributed by atoms with Crippen LogP contribution in [0.2, 0.25) is 0 Å². The number of carbonyl (C=O) groups is 1. The molecule has 4 saturated carbocycles. The van der Waals surface area contributed by atoms with E-state index in [0.29, 0.717) is 6.54 Å². The van der Waals surface area contributed by atoms with Crippen molar-refractivity contribution in [3.63, 3.8) is 0 Å². The van der Waals surface area contributed by atoms with Gasteiger partial charge < -0.3 is 14.7 Å². The Bertz CT molecular complexity index is 574. The van der Waals surface area contributed by atoms with Crippen LogP contribution in [0, 0.1) is 17.8 Å². The molecule has 0 atom stereocenters. The standard InChI is InChI=1S/C17H23N3O2/c21-16(20-2-1-15-14(10-20)9-18-22-15)19-17-6-11-3-12(7-17)5-13(4-11)8-17/h9,11-13H,1-8,10H2,(H,19,21). The van der Waals surface area contributed by atoms with Crippen molar-refractivity contribution in [2.45, 2.75) is 57.0 Å². The van der Waals surface area contributed by atoms with Gasteiger partial charge >= 0.3 is 6.03 Å². The molecule has 0 unspecified atom stereocenters. The van der Waals surface area contributed by atoms with Crippen LogP contribution in [0.25, 0.3) is 0 Å². The van der Waals surface area contributed by atoms with E-state index in [9.17, 15) is 4.79 Å². The highest BCUT2D eigenvalue weighted by atomic mass is 16.5. The number of carbonyl (C=O) groups excluding carboxylic acids is 1. The van der Waals surface area contributed by atoms with Crippen LogP contribution in [0.1, 0.15) is 49.8 Å². The predicted molar refractivity (Wildman–Crippen MR) is 80.1 cm³/mol. The fourth-order valence-corrected chi connectivity index (χ4v) is 5.88. The molecule has 22 heavy (non-hydrogen) atoms. The maximum Gasteiger partial charge on any atom is 0.318 e. The number of amides is 2. The zero-order chi connectivity index (χ0) is 14.7. The third-order valence-corrected chi connectivity index (χ3v) is 6.40. The first-order chi connectivity index (χ1) is 10.7. The predicted octanol–water partition coefficient (Wildman–Crippen LogP) is 2.71. The SMILES string of the molecule is O=C(NC12CC3CC(CC(C3)C1)C2)N1CCc2oncc2C1. The van der Waals surface area contributed by atoms with Gasteiger partial charge in [-0.05, 0) is 56.3 Å². The summed E-state index contributed by atoms with van der Waals surface area (Å²) in [6.45, 7) is 1.37. The van der Waals surface area contributed by atoms with Crippen molar-refractivity contribution in [3.05, 3.63) is 17.5 Å². The lowest BCUT2D eigenvalue weighted by molar-refractivity contribution is -0.0159. The van der Waals surface area contributed by atoms with Crippen LogP contribution in [0.4, 0.5) is 4.79 Å². The van der Waals surface area contributed by atoms with Crippen molar-refractivity contribution in [2.24, 2.45) is 17.8 Å². The van der Waals surface area contributed by atoms with E-state index in [-0.39, 0.29) is 11.6 Å². The Morgan fingerprint density at radius 2 is 1.91 bits per heavy atom. The number of fused-ring (bicyclic) bond motifs is 1. The van der Waals surface area contributed by atoms with Crippen molar-refractivity contribution >= 4 is 6.03 Å². The lowest BCUT2D eigenvalue weighted by atomic mass is 9.53. The Balaban J connectivity index is 1.31. The summed E-state index contributed by atoms with van der Waals surface area (Å²) < 4.78 is 5.21. The molecule has 0 radical (unpaired) electrons. The Labute approximate surface area is 130 Å². The molecule has 1 aromatic rings. The fourth-order valence-electron chi connectivity index (χ4n) is 5.88. The summed E-state index contributed by atoms with van der Waals surface area (Å²) in [5.41, 5.74) is 1.16. The highest BCUT2D eigenvalue weighted by Crippen LogP contribution is 2.55. The number of nitrogens with one attached hydrogen (secondary N) is 1. The quantitative estimate of drug-likeness (QED) is 0.867. The molecule has 5 heteroatoms. The monoisotopic (exact) mass is 301 g/mol. The minimum Gasteiger partial charge on any atom is -0.361 e. The molecule has 0 spiro atoms. The summed E-state index contributed by atoms with van der Waals surface area (Å²) in [5, 5.41) is 7.30. The van der Waals surface area contributed by atoms with Gasteiger partial charge in [0.05, 0.1) is 12.7 Å². The number of rotatable bonds is 1. The molecule has 1 aliphatic heterocycles. The van der Waals surface area contributed by atoms with E-state index in [0.717, 1.165) is 42.0 Å². The number of urea groups is 1. The highest BCUT2D eigenvalue weighted by molar-refractivity contribution is 5.75. The summed E-state index contributed by atoms with van der Waals surface area (Å²) in [7, 11) is 0. The van der Waals surface area contributed by atoms with Crippen molar-refractivity contribution in [3.8, 4) is 0 Å². The van der Waals surface area contributed by atoms with Gasteiger partial charge in [-0.3, -0.25) is 0 Å². The first-order valence-corrected chi connectivity index (χ1v) is 8.69. The fraction of sp³-hybridized carbons (Fsp3) is 0.765. The van der Waals surface area contributed by atoms with E-state index in [1.807, 2.05) is 4.90 Å². The van der Waals surface area contributed by atoms with Crippen LogP contribution in [0.3, 0.4) is 0 Å². The van der Waals surface area contributed by atoms with Gasteiger partial charge in [-0.25, -0.2) is 4.79 Å². The highest BCUT2D eigenvalue weighted by Gasteiger charge is 2.51. The Hall–Kier alpha value is -1.52. The molecule has 6 rings (SSSR count). The van der Waals surface area contributed by atoms with Crippen LogP contribution in [-0.2, 0) is 13.0 Å². The summed E-state index contributed by atoms with van der Waals surface area (Å²) in [6.07, 6.45) is 10.4. The second-order valence-corrected chi connectivity index (χ2v) is 8.07. The molecule has 2 heterocycles. The molecule has 1 aromatic heterocycles. The van der Waals surface area contributed by atoms with Crippen molar-refractivity contribution in [1.29, 1.82) is 0 Å². The Kier molecular flexibility index (Phi) is 2.65. The van der Waals surface area contributed by atoms with Crippen molar-refractivity contribution in [2.75, 3.05) is 6.54 Å². The van der Waals surface area contributed by atoms with Crippen LogP contribution < -0.4 is 5.32 Å². The van der Waals surface area contributed by atoms with Crippen LogP contribution in [0.15, 0.2) is 10.7 Å². The molecule has 4 aliphatic carbocycles. The van der Waals surface area contributed by atoms with E-state index < -0.39 is 0 Å². The van der Waals surface area contributed by atoms with Gasteiger partial charge in [-0.15, -0.1) is 0 Å². The molecule has 118 valence electrons. The first kappa shape index (κ1) is 13.0. The minimum atomic E-state index is 0.0980. The van der Waals surface area contributed by atoms with E-state index in [4.69, 9.17) is 4.52 Å². The lowest BCUT2D eigenvalue weighted by Crippen LogP contribution is -2.62. The van der Waals surface area contributed by atoms with E-state index in [2.05, 4.69) is 10.5 Å². The molecule has 4 fully saturated rings. The average Bonchev–Trinajstić information content (AvgIpc) is 2.92. The molecular formula is C17H23N3O2. The maximum absolute atomic E-state index is 12.8. The van der Waals surface area contributed by atoms with Gasteiger partial charge in [-0.2, -0.15) is 0 Å². The largest absolute Gasteiger partial charge is 0.361 e. The lowest BCUT2D eigenvalue weighted by Gasteiger charge is -2.57. The van der Waals surface area contributed by atoms with Crippen LogP contribution >= 0.6 is 0 Å². The van der Waals surface area contributed by atoms with Gasteiger partial charge in [0.25, 0.3) is 0 Å². The van der Waals surface area contributed by atoms with Gasteiger partial charge in [0.1, 0.15) is 5.76 Å².